The van der Waals surface area contributed by atoms with Crippen LogP contribution in [0, 0.1) is 0 Å². The minimum atomic E-state index is -0.0459. The molecule has 0 atom stereocenters. The molecule has 2 aromatic carbocycles. The number of aromatic nitrogens is 2. The number of amides is 1. The molecule has 0 unspecified atom stereocenters. The average Bonchev–Trinajstić information content (AvgIpc) is 3.40. The van der Waals surface area contributed by atoms with E-state index in [9.17, 15) is 4.79 Å². The Hall–Kier alpha value is -3.45. The lowest BCUT2D eigenvalue weighted by atomic mass is 10.2. The quantitative estimate of drug-likeness (QED) is 0.500. The molecule has 0 saturated carbocycles. The standard InChI is InChI=1S/C21H17N3O3S/c25-19(13-18-7-4-12-28-18)22-16-8-10-17(11-9-16)26-14-20-23-24-21(27-20)15-5-2-1-3-6-15/h1-12H,13-14H2,(H,22,25). The van der Waals surface area contributed by atoms with E-state index in [4.69, 9.17) is 9.15 Å². The van der Waals surface area contributed by atoms with Crippen LogP contribution >= 0.6 is 11.3 Å². The fourth-order valence-corrected chi connectivity index (χ4v) is 3.27. The van der Waals surface area contributed by atoms with Crippen molar-refractivity contribution in [3.05, 3.63) is 82.9 Å². The number of benzene rings is 2. The highest BCUT2D eigenvalue weighted by atomic mass is 32.1. The fourth-order valence-electron chi connectivity index (χ4n) is 2.57. The Balaban J connectivity index is 1.30. The van der Waals surface area contributed by atoms with Crippen LogP contribution in [0.15, 0.2) is 76.5 Å². The van der Waals surface area contributed by atoms with E-state index in [0.29, 0.717) is 24.0 Å². The van der Waals surface area contributed by atoms with Crippen molar-refractivity contribution >= 4 is 22.9 Å². The fraction of sp³-hybridized carbons (Fsp3) is 0.0952. The maximum atomic E-state index is 12.0. The molecule has 2 heterocycles. The van der Waals surface area contributed by atoms with Crippen molar-refractivity contribution in [3.63, 3.8) is 0 Å². The zero-order valence-corrected chi connectivity index (χ0v) is 15.7. The number of nitrogens with zero attached hydrogens (tertiary/aromatic N) is 2. The van der Waals surface area contributed by atoms with Gasteiger partial charge in [-0.1, -0.05) is 24.3 Å². The lowest BCUT2D eigenvalue weighted by Gasteiger charge is -2.07. The number of carbonyl (C=O) groups excluding carboxylic acids is 1. The molecule has 1 amide bonds. The average molecular weight is 391 g/mol. The van der Waals surface area contributed by atoms with E-state index in [2.05, 4.69) is 15.5 Å². The third kappa shape index (κ3) is 4.63. The van der Waals surface area contributed by atoms with Crippen LogP contribution in [0.2, 0.25) is 0 Å². The van der Waals surface area contributed by atoms with Crippen molar-refractivity contribution in [1.29, 1.82) is 0 Å². The largest absolute Gasteiger partial charge is 0.484 e. The number of carbonyl (C=O) groups is 1. The van der Waals surface area contributed by atoms with E-state index in [1.807, 2.05) is 47.8 Å². The van der Waals surface area contributed by atoms with E-state index < -0.39 is 0 Å². The van der Waals surface area contributed by atoms with Gasteiger partial charge in [0, 0.05) is 16.1 Å². The summed E-state index contributed by atoms with van der Waals surface area (Å²) in [5.41, 5.74) is 1.59. The first-order chi connectivity index (χ1) is 13.8. The van der Waals surface area contributed by atoms with Crippen molar-refractivity contribution in [2.45, 2.75) is 13.0 Å². The monoisotopic (exact) mass is 391 g/mol. The number of anilines is 1. The molecule has 4 aromatic rings. The molecule has 0 aliphatic rings. The molecule has 1 N–H and O–H groups in total. The molecular formula is C21H17N3O3S. The van der Waals surface area contributed by atoms with Crippen LogP contribution in [-0.4, -0.2) is 16.1 Å². The summed E-state index contributed by atoms with van der Waals surface area (Å²) in [7, 11) is 0. The lowest BCUT2D eigenvalue weighted by molar-refractivity contribution is -0.115. The Bertz CT molecular complexity index is 1030. The molecule has 0 saturated heterocycles. The summed E-state index contributed by atoms with van der Waals surface area (Å²) >= 11 is 1.57. The van der Waals surface area contributed by atoms with Gasteiger partial charge in [0.15, 0.2) is 6.61 Å². The zero-order valence-electron chi connectivity index (χ0n) is 14.9. The molecule has 0 spiro atoms. The molecule has 7 heteroatoms. The van der Waals surface area contributed by atoms with E-state index >= 15 is 0 Å². The van der Waals surface area contributed by atoms with E-state index in [-0.39, 0.29) is 12.5 Å². The highest BCUT2D eigenvalue weighted by Crippen LogP contribution is 2.20. The molecule has 140 valence electrons. The van der Waals surface area contributed by atoms with Gasteiger partial charge in [-0.2, -0.15) is 0 Å². The Morgan fingerprint density at radius 1 is 1.00 bits per heavy atom. The smallest absolute Gasteiger partial charge is 0.254 e. The molecule has 4 rings (SSSR count). The molecule has 0 fully saturated rings. The van der Waals surface area contributed by atoms with Gasteiger partial charge in [0.2, 0.25) is 11.8 Å². The van der Waals surface area contributed by atoms with Crippen molar-refractivity contribution in [1.82, 2.24) is 10.2 Å². The topological polar surface area (TPSA) is 77.2 Å². The first kappa shape index (κ1) is 17.9. The SMILES string of the molecule is O=C(Cc1cccs1)Nc1ccc(OCc2nnc(-c3ccccc3)o2)cc1. The molecule has 6 nitrogen and oxygen atoms in total. The van der Waals surface area contributed by atoms with Gasteiger partial charge in [-0.05, 0) is 47.8 Å². The Morgan fingerprint density at radius 2 is 1.82 bits per heavy atom. The van der Waals surface area contributed by atoms with Gasteiger partial charge < -0.3 is 14.5 Å². The minimum Gasteiger partial charge on any atom is -0.484 e. The van der Waals surface area contributed by atoms with Crippen LogP contribution in [0.3, 0.4) is 0 Å². The summed E-state index contributed by atoms with van der Waals surface area (Å²) in [4.78, 5) is 13.1. The maximum absolute atomic E-state index is 12.0. The molecular weight excluding hydrogens is 374 g/mol. The Kier molecular flexibility index (Phi) is 5.44. The molecule has 0 bridgehead atoms. The van der Waals surface area contributed by atoms with Crippen molar-refractivity contribution < 1.29 is 13.9 Å². The second-order valence-electron chi connectivity index (χ2n) is 5.98. The van der Waals surface area contributed by atoms with Crippen molar-refractivity contribution in [3.8, 4) is 17.2 Å². The Morgan fingerprint density at radius 3 is 2.57 bits per heavy atom. The number of hydrogen-bond acceptors (Lipinski definition) is 6. The Labute approximate surface area is 165 Å². The van der Waals surface area contributed by atoms with Gasteiger partial charge in [0.25, 0.3) is 5.89 Å². The highest BCUT2D eigenvalue weighted by Gasteiger charge is 2.09. The van der Waals surface area contributed by atoms with Crippen LogP contribution in [0.25, 0.3) is 11.5 Å². The molecule has 2 aromatic heterocycles. The van der Waals surface area contributed by atoms with Crippen LogP contribution in [0.4, 0.5) is 5.69 Å². The van der Waals surface area contributed by atoms with Gasteiger partial charge in [-0.15, -0.1) is 21.5 Å². The maximum Gasteiger partial charge on any atom is 0.254 e. The van der Waals surface area contributed by atoms with E-state index in [1.165, 1.54) is 0 Å². The summed E-state index contributed by atoms with van der Waals surface area (Å²) in [6.45, 7) is 0.171. The third-order valence-corrected chi connectivity index (χ3v) is 4.78. The van der Waals surface area contributed by atoms with Gasteiger partial charge in [0.1, 0.15) is 5.75 Å². The molecule has 0 aliphatic carbocycles. The summed E-state index contributed by atoms with van der Waals surface area (Å²) < 4.78 is 11.3. The number of thiophene rings is 1. The molecule has 28 heavy (non-hydrogen) atoms. The van der Waals surface area contributed by atoms with Crippen molar-refractivity contribution in [2.75, 3.05) is 5.32 Å². The van der Waals surface area contributed by atoms with Crippen LogP contribution < -0.4 is 10.1 Å². The van der Waals surface area contributed by atoms with Gasteiger partial charge in [-0.25, -0.2) is 0 Å². The summed E-state index contributed by atoms with van der Waals surface area (Å²) in [5.74, 6) is 1.46. The normalized spacial score (nSPS) is 10.6. The van der Waals surface area contributed by atoms with Gasteiger partial charge in [0.05, 0.1) is 6.42 Å². The highest BCUT2D eigenvalue weighted by molar-refractivity contribution is 7.10. The summed E-state index contributed by atoms with van der Waals surface area (Å²) in [6, 6.07) is 20.6. The number of nitrogens with one attached hydrogen (secondary N) is 1. The predicted molar refractivity (Wildman–Crippen MR) is 107 cm³/mol. The van der Waals surface area contributed by atoms with Crippen molar-refractivity contribution in [2.24, 2.45) is 0 Å². The number of rotatable bonds is 7. The minimum absolute atomic E-state index is 0.0459. The van der Waals surface area contributed by atoms with E-state index in [0.717, 1.165) is 16.1 Å². The third-order valence-electron chi connectivity index (χ3n) is 3.90. The van der Waals surface area contributed by atoms with E-state index in [1.54, 1.807) is 35.6 Å². The van der Waals surface area contributed by atoms with Crippen LogP contribution in [0.1, 0.15) is 10.8 Å². The predicted octanol–water partition coefficient (Wildman–Crippen LogP) is 4.56. The summed E-state index contributed by atoms with van der Waals surface area (Å²) in [6.07, 6.45) is 0.372. The second-order valence-corrected chi connectivity index (χ2v) is 7.02. The first-order valence-corrected chi connectivity index (χ1v) is 9.57. The van der Waals surface area contributed by atoms with Gasteiger partial charge >= 0.3 is 0 Å². The number of hydrogen-bond donors (Lipinski definition) is 1. The van der Waals surface area contributed by atoms with Crippen LogP contribution in [-0.2, 0) is 17.8 Å². The molecule has 0 aliphatic heterocycles. The second kappa shape index (κ2) is 8.49. The summed E-state index contributed by atoms with van der Waals surface area (Å²) in [5, 5.41) is 12.9. The van der Waals surface area contributed by atoms with Gasteiger partial charge in [-0.3, -0.25) is 4.79 Å². The zero-order chi connectivity index (χ0) is 19.2. The van der Waals surface area contributed by atoms with Crippen LogP contribution in [0.5, 0.6) is 5.75 Å². The lowest BCUT2D eigenvalue weighted by Crippen LogP contribution is -2.13. The molecule has 0 radical (unpaired) electrons. The first-order valence-electron chi connectivity index (χ1n) is 8.69. The number of ether oxygens (including phenoxy) is 1.